The quantitative estimate of drug-likeness (QED) is 0.457. The third-order valence-corrected chi connectivity index (χ3v) is 5.39. The predicted octanol–water partition coefficient (Wildman–Crippen LogP) is 3.29. The molecule has 24 heavy (non-hydrogen) atoms. The zero-order chi connectivity index (χ0) is 17.3. The largest absolute Gasteiger partial charge is 0.456 e. The van der Waals surface area contributed by atoms with E-state index < -0.39 is 12.0 Å². The number of halogens is 1. The van der Waals surface area contributed by atoms with E-state index in [2.05, 4.69) is 4.99 Å². The lowest BCUT2D eigenvalue weighted by atomic mass is 10.1. The number of esters is 1. The first kappa shape index (κ1) is 17.0. The lowest BCUT2D eigenvalue weighted by Crippen LogP contribution is -2.61. The summed E-state index contributed by atoms with van der Waals surface area (Å²) in [5, 5.41) is 0.968. The maximum atomic E-state index is 12.5. The molecule has 3 rings (SSSR count). The Balaban J connectivity index is 1.71. The van der Waals surface area contributed by atoms with Gasteiger partial charge in [0.2, 0.25) is 0 Å². The molecule has 0 spiro atoms. The molecule has 7 heteroatoms. The highest BCUT2D eigenvalue weighted by Gasteiger charge is 2.55. The number of fused-ring (bicyclic) bond motifs is 1. The summed E-state index contributed by atoms with van der Waals surface area (Å²) in [7, 11) is 0. The molecule has 2 heterocycles. The molecule has 0 bridgehead atoms. The molecule has 0 aromatic heterocycles. The summed E-state index contributed by atoms with van der Waals surface area (Å²) >= 11 is 7.60. The highest BCUT2D eigenvalue weighted by atomic mass is 35.5. The maximum Gasteiger partial charge on any atom is 0.356 e. The van der Waals surface area contributed by atoms with Crippen molar-refractivity contribution >= 4 is 40.3 Å². The molecule has 0 N–H and O–H groups in total. The van der Waals surface area contributed by atoms with Crippen molar-refractivity contribution in [2.45, 2.75) is 38.3 Å². The van der Waals surface area contributed by atoms with Gasteiger partial charge in [0.15, 0.2) is 6.04 Å². The van der Waals surface area contributed by atoms with E-state index in [0.29, 0.717) is 0 Å². The van der Waals surface area contributed by atoms with Crippen LogP contribution in [0.3, 0.4) is 0 Å². The first-order chi connectivity index (χ1) is 11.5. The fourth-order valence-electron chi connectivity index (χ4n) is 2.62. The topological polar surface area (TPSA) is 59.0 Å². The van der Waals surface area contributed by atoms with Gasteiger partial charge in [0, 0.05) is 5.03 Å². The first-order valence-corrected chi connectivity index (χ1v) is 8.92. The molecular weight excluding hydrogens is 348 g/mol. The summed E-state index contributed by atoms with van der Waals surface area (Å²) < 4.78 is 5.34. The van der Waals surface area contributed by atoms with Crippen molar-refractivity contribution in [3.05, 3.63) is 46.6 Å². The summed E-state index contributed by atoms with van der Waals surface area (Å²) in [4.78, 5) is 30.6. The lowest BCUT2D eigenvalue weighted by Gasteiger charge is -2.41. The summed E-state index contributed by atoms with van der Waals surface area (Å²) in [6, 6.07) is 8.95. The molecule has 1 aromatic rings. The van der Waals surface area contributed by atoms with Crippen molar-refractivity contribution in [2.75, 3.05) is 0 Å². The van der Waals surface area contributed by atoms with Crippen LogP contribution in [0.15, 0.2) is 46.1 Å². The smallest absolute Gasteiger partial charge is 0.356 e. The number of likely N-dealkylation sites (tertiary alicyclic amines) is 1. The van der Waals surface area contributed by atoms with E-state index in [1.165, 1.54) is 16.7 Å². The van der Waals surface area contributed by atoms with Crippen molar-refractivity contribution < 1.29 is 14.3 Å². The summed E-state index contributed by atoms with van der Waals surface area (Å²) in [6.07, 6.45) is 0.774. The maximum absolute atomic E-state index is 12.5. The van der Waals surface area contributed by atoms with E-state index >= 15 is 0 Å². The number of aliphatic imine (C=N–C) groups is 1. The van der Waals surface area contributed by atoms with Crippen LogP contribution >= 0.6 is 23.4 Å². The average Bonchev–Trinajstić information content (AvgIpc) is 2.97. The molecule has 0 saturated carbocycles. The van der Waals surface area contributed by atoms with Crippen LogP contribution in [0.5, 0.6) is 0 Å². The van der Waals surface area contributed by atoms with Crippen LogP contribution < -0.4 is 0 Å². The van der Waals surface area contributed by atoms with Crippen LogP contribution in [-0.2, 0) is 20.9 Å². The van der Waals surface area contributed by atoms with Gasteiger partial charge >= 0.3 is 5.97 Å². The molecule has 0 radical (unpaired) electrons. The van der Waals surface area contributed by atoms with E-state index in [4.69, 9.17) is 16.3 Å². The standard InChI is InChI=1S/C17H17ClN2O3S/c1-3-12-19-13-15(21)20(16(13)24-12)14(10(2)18)17(22)23-9-11-7-5-4-6-8-11/h4-8,13,16H,3,9H2,1-2H3. The Bertz CT molecular complexity index is 729. The van der Waals surface area contributed by atoms with Crippen molar-refractivity contribution in [3.8, 4) is 0 Å². The van der Waals surface area contributed by atoms with E-state index in [-0.39, 0.29) is 28.6 Å². The number of nitrogens with zero attached hydrogens (tertiary/aromatic N) is 2. The van der Waals surface area contributed by atoms with E-state index in [9.17, 15) is 9.59 Å². The van der Waals surface area contributed by atoms with Crippen LogP contribution in [0.2, 0.25) is 0 Å². The zero-order valence-corrected chi connectivity index (χ0v) is 14.9. The minimum absolute atomic E-state index is 0.110. The summed E-state index contributed by atoms with van der Waals surface area (Å²) in [5.41, 5.74) is 0.982. The second-order valence-corrected chi connectivity index (χ2v) is 7.24. The van der Waals surface area contributed by atoms with Crippen molar-refractivity contribution in [2.24, 2.45) is 4.99 Å². The third-order valence-electron chi connectivity index (χ3n) is 3.83. The number of carbonyl (C=O) groups excluding carboxylic acids is 2. The summed E-state index contributed by atoms with van der Waals surface area (Å²) in [5.74, 6) is -0.800. The van der Waals surface area contributed by atoms with E-state index in [1.807, 2.05) is 37.3 Å². The fraction of sp³-hybridized carbons (Fsp3) is 0.353. The Morgan fingerprint density at radius 2 is 2.08 bits per heavy atom. The van der Waals surface area contributed by atoms with Gasteiger partial charge in [-0.3, -0.25) is 14.7 Å². The van der Waals surface area contributed by atoms with Crippen LogP contribution in [-0.4, -0.2) is 33.2 Å². The first-order valence-electron chi connectivity index (χ1n) is 7.66. The minimum atomic E-state index is -0.594. The SMILES string of the molecule is CCC1=NC2C(=O)N(C(C(=O)OCc3ccccc3)=C(C)Cl)C2S1. The van der Waals surface area contributed by atoms with Gasteiger partial charge in [0.1, 0.15) is 17.7 Å². The molecule has 2 unspecified atom stereocenters. The molecule has 2 atom stereocenters. The second-order valence-electron chi connectivity index (χ2n) is 5.48. The number of amides is 1. The third kappa shape index (κ3) is 3.08. The second kappa shape index (κ2) is 6.99. The van der Waals surface area contributed by atoms with Crippen LogP contribution in [0.1, 0.15) is 25.8 Å². The van der Waals surface area contributed by atoms with E-state index in [1.54, 1.807) is 6.92 Å². The Kier molecular flexibility index (Phi) is 4.96. The zero-order valence-electron chi connectivity index (χ0n) is 13.4. The highest BCUT2D eigenvalue weighted by Crippen LogP contribution is 2.43. The Morgan fingerprint density at radius 1 is 1.38 bits per heavy atom. The molecule has 0 aliphatic carbocycles. The van der Waals surface area contributed by atoms with Gasteiger partial charge in [-0.2, -0.15) is 0 Å². The van der Waals surface area contributed by atoms with Gasteiger partial charge < -0.3 is 4.74 Å². The monoisotopic (exact) mass is 364 g/mol. The Hall–Kier alpha value is -1.79. The normalized spacial score (nSPS) is 23.2. The average molecular weight is 365 g/mol. The van der Waals surface area contributed by atoms with Gasteiger partial charge in [-0.25, -0.2) is 4.79 Å². The van der Waals surface area contributed by atoms with Crippen molar-refractivity contribution in [1.82, 2.24) is 4.90 Å². The molecule has 1 aromatic carbocycles. The van der Waals surface area contributed by atoms with Crippen molar-refractivity contribution in [1.29, 1.82) is 0 Å². The number of ether oxygens (including phenoxy) is 1. The van der Waals surface area contributed by atoms with Gasteiger partial charge in [0.05, 0.1) is 5.04 Å². The number of thioether (sulfide) groups is 1. The Morgan fingerprint density at radius 3 is 2.71 bits per heavy atom. The molecule has 126 valence electrons. The molecule has 1 saturated heterocycles. The predicted molar refractivity (Wildman–Crippen MR) is 94.5 cm³/mol. The van der Waals surface area contributed by atoms with Crippen molar-refractivity contribution in [3.63, 3.8) is 0 Å². The molecule has 2 aliphatic heterocycles. The number of hydrogen-bond donors (Lipinski definition) is 0. The fourth-order valence-corrected chi connectivity index (χ4v) is 4.03. The minimum Gasteiger partial charge on any atom is -0.456 e. The van der Waals surface area contributed by atoms with Gasteiger partial charge in [0.25, 0.3) is 5.91 Å². The van der Waals surface area contributed by atoms with Gasteiger partial charge in [-0.1, -0.05) is 60.6 Å². The highest BCUT2D eigenvalue weighted by molar-refractivity contribution is 8.14. The van der Waals surface area contributed by atoms with Gasteiger partial charge in [-0.05, 0) is 18.9 Å². The lowest BCUT2D eigenvalue weighted by molar-refractivity contribution is -0.151. The van der Waals surface area contributed by atoms with E-state index in [0.717, 1.165) is 17.0 Å². The van der Waals surface area contributed by atoms with Gasteiger partial charge in [-0.15, -0.1) is 0 Å². The molecule has 5 nitrogen and oxygen atoms in total. The molecule has 2 aliphatic rings. The van der Waals surface area contributed by atoms with Crippen LogP contribution in [0.25, 0.3) is 0 Å². The number of β-lactam (4-membered cyclic amide) rings is 1. The number of allylic oxidation sites excluding steroid dienone is 1. The van der Waals surface area contributed by atoms with Crippen LogP contribution in [0.4, 0.5) is 0 Å². The summed E-state index contributed by atoms with van der Waals surface area (Å²) in [6.45, 7) is 3.71. The number of benzene rings is 1. The molecule has 1 fully saturated rings. The molecular formula is C17H17ClN2O3S. The van der Waals surface area contributed by atoms with Crippen LogP contribution in [0, 0.1) is 0 Å². The molecule has 1 amide bonds. The number of rotatable bonds is 5. The number of carbonyl (C=O) groups is 2. The number of hydrogen-bond acceptors (Lipinski definition) is 5. The Labute approximate surface area is 149 Å².